The summed E-state index contributed by atoms with van der Waals surface area (Å²) in [7, 11) is 0. The molecule has 16 heavy (non-hydrogen) atoms. The molecule has 1 heterocycles. The Balaban J connectivity index is 2.15. The molecule has 0 saturated carbocycles. The summed E-state index contributed by atoms with van der Waals surface area (Å²) in [5, 5.41) is 3.22. The third-order valence-corrected chi connectivity index (χ3v) is 3.35. The largest absolute Gasteiger partial charge is 0.316 e. The van der Waals surface area contributed by atoms with E-state index in [-0.39, 0.29) is 17.0 Å². The van der Waals surface area contributed by atoms with E-state index in [1.54, 1.807) is 0 Å². The van der Waals surface area contributed by atoms with E-state index in [1.165, 1.54) is 18.2 Å². The Morgan fingerprint density at radius 2 is 2.06 bits per heavy atom. The Morgan fingerprint density at radius 3 is 2.62 bits per heavy atom. The van der Waals surface area contributed by atoms with Crippen LogP contribution in [0.2, 0.25) is 0 Å². The summed E-state index contributed by atoms with van der Waals surface area (Å²) >= 11 is 0. The third kappa shape index (κ3) is 2.24. The summed E-state index contributed by atoms with van der Waals surface area (Å²) in [5.74, 6) is -0.640. The highest BCUT2D eigenvalue weighted by atomic mass is 19.1. The highest BCUT2D eigenvalue weighted by Gasteiger charge is 2.36. The molecule has 0 bridgehead atoms. The van der Waals surface area contributed by atoms with Crippen LogP contribution >= 0.6 is 0 Å². The van der Waals surface area contributed by atoms with Crippen molar-refractivity contribution in [3.63, 3.8) is 0 Å². The van der Waals surface area contributed by atoms with Crippen molar-refractivity contribution >= 4 is 0 Å². The van der Waals surface area contributed by atoms with Gasteiger partial charge in [-0.3, -0.25) is 0 Å². The van der Waals surface area contributed by atoms with Gasteiger partial charge in [-0.2, -0.15) is 0 Å². The SMILES string of the molecule is CCCC1(Cc2cc(F)ccc2F)CNC1. The Labute approximate surface area is 94.9 Å². The van der Waals surface area contributed by atoms with E-state index < -0.39 is 0 Å². The second-order valence-electron chi connectivity index (χ2n) is 4.77. The molecule has 88 valence electrons. The van der Waals surface area contributed by atoms with E-state index in [1.807, 2.05) is 0 Å². The molecule has 1 aliphatic heterocycles. The molecule has 1 aliphatic rings. The van der Waals surface area contributed by atoms with Crippen LogP contribution in [0.5, 0.6) is 0 Å². The van der Waals surface area contributed by atoms with Crippen LogP contribution in [0.3, 0.4) is 0 Å². The quantitative estimate of drug-likeness (QED) is 0.830. The zero-order chi connectivity index (χ0) is 11.6. The average Bonchev–Trinajstić information content (AvgIpc) is 2.20. The lowest BCUT2D eigenvalue weighted by atomic mass is 9.73. The van der Waals surface area contributed by atoms with Crippen LogP contribution < -0.4 is 5.32 Å². The number of benzene rings is 1. The normalized spacial score (nSPS) is 18.2. The highest BCUT2D eigenvalue weighted by molar-refractivity contribution is 5.21. The van der Waals surface area contributed by atoms with E-state index in [0.29, 0.717) is 12.0 Å². The molecule has 0 spiro atoms. The molecule has 1 N–H and O–H groups in total. The minimum atomic E-state index is -0.352. The first kappa shape index (κ1) is 11.5. The highest BCUT2D eigenvalue weighted by Crippen LogP contribution is 2.33. The molecule has 2 rings (SSSR count). The summed E-state index contributed by atoms with van der Waals surface area (Å²) < 4.78 is 26.6. The summed E-state index contributed by atoms with van der Waals surface area (Å²) in [6, 6.07) is 3.71. The first-order chi connectivity index (χ1) is 7.65. The Bertz CT molecular complexity index is 372. The van der Waals surface area contributed by atoms with E-state index in [2.05, 4.69) is 12.2 Å². The van der Waals surface area contributed by atoms with Crippen molar-refractivity contribution in [3.8, 4) is 0 Å². The Hall–Kier alpha value is -0.960. The number of hydrogen-bond donors (Lipinski definition) is 1. The van der Waals surface area contributed by atoms with Crippen molar-refractivity contribution in [2.45, 2.75) is 26.2 Å². The van der Waals surface area contributed by atoms with Crippen LogP contribution in [-0.2, 0) is 6.42 Å². The number of nitrogens with one attached hydrogen (secondary N) is 1. The predicted octanol–water partition coefficient (Wildman–Crippen LogP) is 2.90. The lowest BCUT2D eigenvalue weighted by molar-refractivity contribution is 0.149. The van der Waals surface area contributed by atoms with Crippen molar-refractivity contribution in [2.75, 3.05) is 13.1 Å². The molecule has 0 atom stereocenters. The first-order valence-electron chi connectivity index (χ1n) is 5.80. The first-order valence-corrected chi connectivity index (χ1v) is 5.80. The molecule has 1 aromatic rings. The summed E-state index contributed by atoms with van der Waals surface area (Å²) in [5.41, 5.74) is 0.651. The summed E-state index contributed by atoms with van der Waals surface area (Å²) in [4.78, 5) is 0. The topological polar surface area (TPSA) is 12.0 Å². The van der Waals surface area contributed by atoms with Gasteiger partial charge in [0.05, 0.1) is 0 Å². The van der Waals surface area contributed by atoms with Crippen molar-refractivity contribution in [3.05, 3.63) is 35.4 Å². The molecular formula is C13H17F2N. The zero-order valence-corrected chi connectivity index (χ0v) is 9.52. The van der Waals surface area contributed by atoms with Crippen molar-refractivity contribution in [1.82, 2.24) is 5.32 Å². The van der Waals surface area contributed by atoms with Gasteiger partial charge in [-0.05, 0) is 42.0 Å². The molecule has 0 aliphatic carbocycles. The summed E-state index contributed by atoms with van der Waals surface area (Å²) in [6.07, 6.45) is 2.78. The fourth-order valence-electron chi connectivity index (χ4n) is 2.48. The summed E-state index contributed by atoms with van der Waals surface area (Å²) in [6.45, 7) is 3.95. The standard InChI is InChI=1S/C13H17F2N/c1-2-5-13(8-16-9-13)7-10-6-11(14)3-4-12(10)15/h3-4,6,16H,2,5,7-9H2,1H3. The third-order valence-electron chi connectivity index (χ3n) is 3.35. The van der Waals surface area contributed by atoms with Gasteiger partial charge in [0.15, 0.2) is 0 Å². The van der Waals surface area contributed by atoms with Crippen molar-refractivity contribution in [2.24, 2.45) is 5.41 Å². The maximum absolute atomic E-state index is 13.5. The fraction of sp³-hybridized carbons (Fsp3) is 0.538. The van der Waals surface area contributed by atoms with Crippen molar-refractivity contribution < 1.29 is 8.78 Å². The maximum atomic E-state index is 13.5. The fourth-order valence-corrected chi connectivity index (χ4v) is 2.48. The van der Waals surface area contributed by atoms with E-state index in [0.717, 1.165) is 25.9 Å². The molecule has 1 fully saturated rings. The molecule has 0 radical (unpaired) electrons. The number of hydrogen-bond acceptors (Lipinski definition) is 1. The minimum absolute atomic E-state index is 0.142. The van der Waals surface area contributed by atoms with Gasteiger partial charge in [0, 0.05) is 13.1 Å². The van der Waals surface area contributed by atoms with Crippen LogP contribution in [0.25, 0.3) is 0 Å². The van der Waals surface area contributed by atoms with Gasteiger partial charge in [0.2, 0.25) is 0 Å². The van der Waals surface area contributed by atoms with E-state index in [4.69, 9.17) is 0 Å². The van der Waals surface area contributed by atoms with Crippen LogP contribution in [0.15, 0.2) is 18.2 Å². The van der Waals surface area contributed by atoms with Gasteiger partial charge in [-0.1, -0.05) is 13.3 Å². The van der Waals surface area contributed by atoms with Crippen LogP contribution in [0, 0.1) is 17.0 Å². The molecule has 1 saturated heterocycles. The predicted molar refractivity (Wildman–Crippen MR) is 60.3 cm³/mol. The molecule has 1 aromatic carbocycles. The average molecular weight is 225 g/mol. The Morgan fingerprint density at radius 1 is 1.31 bits per heavy atom. The second-order valence-corrected chi connectivity index (χ2v) is 4.77. The van der Waals surface area contributed by atoms with E-state index >= 15 is 0 Å². The van der Waals surface area contributed by atoms with Gasteiger partial charge in [0.1, 0.15) is 11.6 Å². The second kappa shape index (κ2) is 4.50. The van der Waals surface area contributed by atoms with Gasteiger partial charge in [-0.25, -0.2) is 8.78 Å². The van der Waals surface area contributed by atoms with Crippen LogP contribution in [0.1, 0.15) is 25.3 Å². The van der Waals surface area contributed by atoms with Crippen molar-refractivity contribution in [1.29, 1.82) is 0 Å². The molecule has 0 unspecified atom stereocenters. The lowest BCUT2D eigenvalue weighted by Gasteiger charge is -2.43. The lowest BCUT2D eigenvalue weighted by Crippen LogP contribution is -2.54. The molecular weight excluding hydrogens is 208 g/mol. The van der Waals surface area contributed by atoms with Gasteiger partial charge < -0.3 is 5.32 Å². The maximum Gasteiger partial charge on any atom is 0.126 e. The van der Waals surface area contributed by atoms with Gasteiger partial charge in [0.25, 0.3) is 0 Å². The number of rotatable bonds is 4. The van der Waals surface area contributed by atoms with Crippen LogP contribution in [0.4, 0.5) is 8.78 Å². The van der Waals surface area contributed by atoms with E-state index in [9.17, 15) is 8.78 Å². The molecule has 0 amide bonds. The molecule has 1 nitrogen and oxygen atoms in total. The zero-order valence-electron chi connectivity index (χ0n) is 9.52. The van der Waals surface area contributed by atoms with Gasteiger partial charge >= 0.3 is 0 Å². The minimum Gasteiger partial charge on any atom is -0.316 e. The smallest absolute Gasteiger partial charge is 0.126 e. The molecule has 3 heteroatoms. The monoisotopic (exact) mass is 225 g/mol. The molecule has 0 aromatic heterocycles. The van der Waals surface area contributed by atoms with Gasteiger partial charge in [-0.15, -0.1) is 0 Å². The Kier molecular flexibility index (Phi) is 3.24. The number of halogens is 2. The van der Waals surface area contributed by atoms with Crippen LogP contribution in [-0.4, -0.2) is 13.1 Å².